The first-order valence-electron chi connectivity index (χ1n) is 10.8. The van der Waals surface area contributed by atoms with Crippen molar-refractivity contribution in [3.8, 4) is 28.8 Å². The zero-order chi connectivity index (χ0) is 24.1. The van der Waals surface area contributed by atoms with Gasteiger partial charge in [-0.15, -0.1) is 0 Å². The van der Waals surface area contributed by atoms with Crippen molar-refractivity contribution in [1.29, 1.82) is 0 Å². The Hall–Kier alpha value is -4.20. The normalized spacial score (nSPS) is 11.7. The Morgan fingerprint density at radius 3 is 2.56 bits per heavy atom. The first-order valence-corrected chi connectivity index (χ1v) is 10.8. The van der Waals surface area contributed by atoms with E-state index < -0.39 is 6.10 Å². The fraction of sp³-hybridized carbons (Fsp3) is 0.231. The van der Waals surface area contributed by atoms with Gasteiger partial charge in [0.05, 0.1) is 25.9 Å². The van der Waals surface area contributed by atoms with E-state index in [1.807, 2.05) is 18.2 Å². The molecule has 2 aromatic heterocycles. The van der Waals surface area contributed by atoms with Gasteiger partial charge in [0.25, 0.3) is 5.91 Å². The number of rotatable bonds is 9. The van der Waals surface area contributed by atoms with Gasteiger partial charge in [0.1, 0.15) is 5.58 Å². The van der Waals surface area contributed by atoms with Crippen molar-refractivity contribution in [3.63, 3.8) is 0 Å². The number of methoxy groups -OCH3 is 2. The number of para-hydroxylation sites is 1. The maximum absolute atomic E-state index is 13.1. The zero-order valence-corrected chi connectivity index (χ0v) is 19.1. The van der Waals surface area contributed by atoms with Crippen molar-refractivity contribution in [2.75, 3.05) is 20.8 Å². The monoisotopic (exact) mass is 463 g/mol. The number of ether oxygens (including phenoxy) is 3. The molecule has 0 bridgehead atoms. The van der Waals surface area contributed by atoms with Crippen molar-refractivity contribution >= 4 is 16.9 Å². The number of amides is 1. The van der Waals surface area contributed by atoms with Gasteiger partial charge in [-0.3, -0.25) is 9.59 Å². The Morgan fingerprint density at radius 1 is 1.03 bits per heavy atom. The molecule has 0 aliphatic carbocycles. The number of hydrogen-bond donors (Lipinski definition) is 1. The van der Waals surface area contributed by atoms with Crippen LogP contribution in [0.25, 0.3) is 22.5 Å². The van der Waals surface area contributed by atoms with Crippen molar-refractivity contribution < 1.29 is 27.8 Å². The molecule has 1 unspecified atom stereocenters. The SMILES string of the molecule is COc1ccc(CCNC(=O)C(C)Oc2c(-c3ccco3)oc3ccccc3c2=O)cc1OC. The average molecular weight is 463 g/mol. The molecular formula is C26H25NO7. The van der Waals surface area contributed by atoms with Crippen molar-refractivity contribution in [1.82, 2.24) is 5.32 Å². The lowest BCUT2D eigenvalue weighted by molar-refractivity contribution is -0.127. The highest BCUT2D eigenvalue weighted by Crippen LogP contribution is 2.32. The molecule has 4 rings (SSSR count). The van der Waals surface area contributed by atoms with E-state index in [0.29, 0.717) is 41.2 Å². The van der Waals surface area contributed by atoms with Gasteiger partial charge >= 0.3 is 0 Å². The van der Waals surface area contributed by atoms with Crippen LogP contribution >= 0.6 is 0 Å². The molecule has 2 heterocycles. The van der Waals surface area contributed by atoms with E-state index in [4.69, 9.17) is 23.0 Å². The van der Waals surface area contributed by atoms with Gasteiger partial charge in [-0.25, -0.2) is 0 Å². The number of fused-ring (bicyclic) bond motifs is 1. The van der Waals surface area contributed by atoms with E-state index in [1.54, 1.807) is 57.5 Å². The summed E-state index contributed by atoms with van der Waals surface area (Å²) >= 11 is 0. The Kier molecular flexibility index (Phi) is 6.87. The first kappa shape index (κ1) is 23.0. The Balaban J connectivity index is 1.48. The van der Waals surface area contributed by atoms with E-state index in [0.717, 1.165) is 5.56 Å². The molecule has 0 aliphatic heterocycles. The molecule has 1 amide bonds. The van der Waals surface area contributed by atoms with Gasteiger partial charge in [-0.05, 0) is 55.3 Å². The Bertz CT molecular complexity index is 1340. The molecule has 8 heteroatoms. The molecule has 0 saturated carbocycles. The fourth-order valence-corrected chi connectivity index (χ4v) is 3.54. The summed E-state index contributed by atoms with van der Waals surface area (Å²) in [5.74, 6) is 1.29. The minimum Gasteiger partial charge on any atom is -0.493 e. The van der Waals surface area contributed by atoms with Crippen LogP contribution in [0.3, 0.4) is 0 Å². The molecule has 176 valence electrons. The van der Waals surface area contributed by atoms with Gasteiger partial charge in [0.15, 0.2) is 23.4 Å². The summed E-state index contributed by atoms with van der Waals surface area (Å²) in [6.07, 6.45) is 1.11. The Morgan fingerprint density at radius 2 is 1.82 bits per heavy atom. The van der Waals surface area contributed by atoms with Crippen LogP contribution in [0.5, 0.6) is 17.2 Å². The minimum atomic E-state index is -0.942. The predicted molar refractivity (Wildman–Crippen MR) is 127 cm³/mol. The van der Waals surface area contributed by atoms with Gasteiger partial charge in [-0.1, -0.05) is 18.2 Å². The summed E-state index contributed by atoms with van der Waals surface area (Å²) in [6.45, 7) is 1.95. The van der Waals surface area contributed by atoms with E-state index in [2.05, 4.69) is 5.32 Å². The molecule has 8 nitrogen and oxygen atoms in total. The summed E-state index contributed by atoms with van der Waals surface area (Å²) in [6, 6.07) is 15.8. The second-order valence-corrected chi connectivity index (χ2v) is 7.55. The van der Waals surface area contributed by atoms with Crippen molar-refractivity contribution in [2.45, 2.75) is 19.4 Å². The summed E-state index contributed by atoms with van der Waals surface area (Å²) in [5, 5.41) is 3.19. The van der Waals surface area contributed by atoms with Crippen molar-refractivity contribution in [2.24, 2.45) is 0 Å². The van der Waals surface area contributed by atoms with Gasteiger partial charge in [0, 0.05) is 6.54 Å². The van der Waals surface area contributed by atoms with Gasteiger partial charge in [0.2, 0.25) is 16.9 Å². The first-order chi connectivity index (χ1) is 16.5. The van der Waals surface area contributed by atoms with Crippen LogP contribution in [0, 0.1) is 0 Å². The number of hydrogen-bond acceptors (Lipinski definition) is 7. The second-order valence-electron chi connectivity index (χ2n) is 7.55. The van der Waals surface area contributed by atoms with Crippen LogP contribution < -0.4 is 25.0 Å². The molecule has 34 heavy (non-hydrogen) atoms. The highest BCUT2D eigenvalue weighted by Gasteiger charge is 2.24. The predicted octanol–water partition coefficient (Wildman–Crippen LogP) is 4.20. The third-order valence-corrected chi connectivity index (χ3v) is 5.33. The zero-order valence-electron chi connectivity index (χ0n) is 19.1. The highest BCUT2D eigenvalue weighted by molar-refractivity contribution is 5.83. The summed E-state index contributed by atoms with van der Waals surface area (Å²) in [4.78, 5) is 25.8. The molecule has 4 aromatic rings. The number of carbonyl (C=O) groups is 1. The third-order valence-electron chi connectivity index (χ3n) is 5.33. The molecule has 1 atom stereocenters. The molecule has 0 spiro atoms. The Labute approximate surface area is 196 Å². The van der Waals surface area contributed by atoms with E-state index >= 15 is 0 Å². The molecular weight excluding hydrogens is 438 g/mol. The molecule has 1 N–H and O–H groups in total. The number of carbonyl (C=O) groups excluding carboxylic acids is 1. The van der Waals surface area contributed by atoms with Crippen LogP contribution in [0.4, 0.5) is 0 Å². The maximum Gasteiger partial charge on any atom is 0.260 e. The average Bonchev–Trinajstić information content (AvgIpc) is 3.40. The van der Waals surface area contributed by atoms with E-state index in [-0.39, 0.29) is 22.8 Å². The number of furan rings is 1. The van der Waals surface area contributed by atoms with Crippen LogP contribution in [0.2, 0.25) is 0 Å². The van der Waals surface area contributed by atoms with E-state index in [9.17, 15) is 9.59 Å². The molecule has 0 fully saturated rings. The summed E-state index contributed by atoms with van der Waals surface area (Å²) in [7, 11) is 3.15. The lowest BCUT2D eigenvalue weighted by atomic mass is 10.1. The molecule has 2 aromatic carbocycles. The van der Waals surface area contributed by atoms with Gasteiger partial charge < -0.3 is 28.4 Å². The second kappa shape index (κ2) is 10.2. The van der Waals surface area contributed by atoms with Crippen LogP contribution in [0.1, 0.15) is 12.5 Å². The smallest absolute Gasteiger partial charge is 0.260 e. The quantitative estimate of drug-likeness (QED) is 0.397. The summed E-state index contributed by atoms with van der Waals surface area (Å²) < 4.78 is 27.7. The topological polar surface area (TPSA) is 100 Å². The summed E-state index contributed by atoms with van der Waals surface area (Å²) in [5.41, 5.74) is 0.998. The molecule has 0 radical (unpaired) electrons. The fourth-order valence-electron chi connectivity index (χ4n) is 3.54. The molecule has 0 saturated heterocycles. The van der Waals surface area contributed by atoms with Gasteiger partial charge in [-0.2, -0.15) is 0 Å². The number of benzene rings is 2. The van der Waals surface area contributed by atoms with Crippen LogP contribution in [-0.4, -0.2) is 32.8 Å². The maximum atomic E-state index is 13.1. The largest absolute Gasteiger partial charge is 0.493 e. The van der Waals surface area contributed by atoms with Crippen LogP contribution in [-0.2, 0) is 11.2 Å². The van der Waals surface area contributed by atoms with E-state index in [1.165, 1.54) is 6.26 Å². The molecule has 0 aliphatic rings. The standard InChI is InChI=1S/C26H25NO7/c1-16(26(29)27-13-12-17-10-11-20(30-2)22(15-17)31-3)33-25-23(28)18-7-4-5-8-19(18)34-24(25)21-9-6-14-32-21/h4-11,14-16H,12-13H2,1-3H3,(H,27,29). The lowest BCUT2D eigenvalue weighted by Gasteiger charge is -2.16. The van der Waals surface area contributed by atoms with Crippen molar-refractivity contribution in [3.05, 3.63) is 76.6 Å². The third kappa shape index (κ3) is 4.76. The minimum absolute atomic E-state index is 0.0730. The highest BCUT2D eigenvalue weighted by atomic mass is 16.5. The number of nitrogens with one attached hydrogen (secondary N) is 1. The lowest BCUT2D eigenvalue weighted by Crippen LogP contribution is -2.38. The van der Waals surface area contributed by atoms with Crippen LogP contribution in [0.15, 0.2) is 74.5 Å².